The third-order valence-electron chi connectivity index (χ3n) is 18.3. The van der Waals surface area contributed by atoms with Crippen LogP contribution in [0.3, 0.4) is 0 Å². The summed E-state index contributed by atoms with van der Waals surface area (Å²) in [4.78, 5) is 10.9. The van der Waals surface area contributed by atoms with E-state index in [0.29, 0.717) is 0 Å². The molecule has 402 valence electrons. The fourth-order valence-corrected chi connectivity index (χ4v) is 14.7. The minimum Gasteiger partial charge on any atom is -0.306 e. The number of rotatable bonds is 7. The lowest BCUT2D eigenvalue weighted by atomic mass is 9.91. The smallest absolute Gasteiger partial charge is 0.0827 e. The zero-order valence-corrected chi connectivity index (χ0v) is 48.5. The van der Waals surface area contributed by atoms with Gasteiger partial charge in [-0.3, -0.25) is 4.98 Å². The molecule has 6 aromatic heterocycles. The molecule has 0 spiro atoms. The summed E-state index contributed by atoms with van der Waals surface area (Å²) in [6.07, 6.45) is 3.95. The summed E-state index contributed by atoms with van der Waals surface area (Å²) in [5.41, 5.74) is 28.7. The highest BCUT2D eigenvalue weighted by molar-refractivity contribution is 6.20. The third-order valence-corrected chi connectivity index (χ3v) is 18.3. The molecule has 0 aliphatic rings. The molecule has 0 aliphatic carbocycles. The second kappa shape index (κ2) is 18.6. The summed E-state index contributed by atoms with van der Waals surface area (Å²) in [7, 11) is 0. The highest BCUT2D eigenvalue weighted by Crippen LogP contribution is 2.55. The molecule has 6 heterocycles. The quantitative estimate of drug-likeness (QED) is 0.160. The van der Waals surface area contributed by atoms with Gasteiger partial charge in [0, 0.05) is 66.6 Å². The lowest BCUT2D eigenvalue weighted by molar-refractivity contribution is 1.04. The average Bonchev–Trinajstić information content (AvgIpc) is 1.45. The number of fused-ring (bicyclic) bond motifs is 12. The van der Waals surface area contributed by atoms with Crippen molar-refractivity contribution in [3.63, 3.8) is 0 Å². The van der Waals surface area contributed by atoms with E-state index in [1.807, 2.05) is 12.4 Å². The van der Waals surface area contributed by atoms with E-state index in [1.165, 1.54) is 87.6 Å². The average molecular weight is 1080 g/mol. The van der Waals surface area contributed by atoms with Gasteiger partial charge in [-0.1, -0.05) is 133 Å². The Hall–Kier alpha value is -10.3. The molecule has 0 radical (unpaired) electrons. The van der Waals surface area contributed by atoms with Crippen LogP contribution >= 0.6 is 0 Å². The van der Waals surface area contributed by atoms with Crippen molar-refractivity contribution in [2.24, 2.45) is 0 Å². The fourth-order valence-electron chi connectivity index (χ4n) is 14.7. The van der Waals surface area contributed by atoms with Crippen molar-refractivity contribution in [1.29, 1.82) is 0 Å². The van der Waals surface area contributed by atoms with Crippen molar-refractivity contribution in [2.75, 3.05) is 0 Å². The zero-order chi connectivity index (χ0) is 56.8. The van der Waals surface area contributed by atoms with Gasteiger partial charge in [-0.2, -0.15) is 0 Å². The molecular weight excluding hydrogens is 1020 g/mol. The number of aromatic nitrogens is 6. The van der Waals surface area contributed by atoms with Crippen LogP contribution in [0.5, 0.6) is 0 Å². The summed E-state index contributed by atoms with van der Waals surface area (Å²) >= 11 is 0. The predicted molar refractivity (Wildman–Crippen MR) is 354 cm³/mol. The van der Waals surface area contributed by atoms with Gasteiger partial charge in [-0.05, 0) is 178 Å². The van der Waals surface area contributed by atoms with E-state index < -0.39 is 0 Å². The molecule has 0 saturated carbocycles. The van der Waals surface area contributed by atoms with Crippen LogP contribution in [0.25, 0.3) is 144 Å². The van der Waals surface area contributed by atoms with Crippen molar-refractivity contribution in [3.05, 3.63) is 263 Å². The molecule has 16 aromatic rings. The molecule has 0 saturated heterocycles. The Morgan fingerprint density at radius 3 is 0.786 bits per heavy atom. The van der Waals surface area contributed by atoms with Crippen molar-refractivity contribution in [1.82, 2.24) is 28.2 Å². The van der Waals surface area contributed by atoms with Crippen LogP contribution in [0.15, 0.2) is 219 Å². The molecule has 0 aliphatic heterocycles. The summed E-state index contributed by atoms with van der Waals surface area (Å²) in [6, 6.07) is 76.6. The minimum atomic E-state index is 0.844. The van der Waals surface area contributed by atoms with Crippen LogP contribution < -0.4 is 0 Å². The lowest BCUT2D eigenvalue weighted by Crippen LogP contribution is -2.16. The maximum absolute atomic E-state index is 6.04. The zero-order valence-electron chi connectivity index (χ0n) is 48.5. The maximum Gasteiger partial charge on any atom is 0.0827 e. The van der Waals surface area contributed by atoms with Gasteiger partial charge in [-0.25, -0.2) is 4.98 Å². The van der Waals surface area contributed by atoms with Crippen LogP contribution in [-0.4, -0.2) is 28.2 Å². The summed E-state index contributed by atoms with van der Waals surface area (Å²) in [5, 5.41) is 9.87. The molecule has 0 atom stereocenters. The third kappa shape index (κ3) is 6.91. The first-order valence-corrected chi connectivity index (χ1v) is 29.2. The first-order valence-electron chi connectivity index (χ1n) is 29.2. The highest BCUT2D eigenvalue weighted by Gasteiger charge is 2.37. The lowest BCUT2D eigenvalue weighted by Gasteiger charge is -2.31. The largest absolute Gasteiger partial charge is 0.306 e. The van der Waals surface area contributed by atoms with Gasteiger partial charge in [0.2, 0.25) is 0 Å². The van der Waals surface area contributed by atoms with Crippen LogP contribution in [0.2, 0.25) is 0 Å². The van der Waals surface area contributed by atoms with E-state index in [4.69, 9.17) is 9.97 Å². The second-order valence-electron chi connectivity index (χ2n) is 23.2. The van der Waals surface area contributed by atoms with Crippen molar-refractivity contribution < 1.29 is 0 Å². The molecular formula is C78H60N6. The molecule has 0 fully saturated rings. The van der Waals surface area contributed by atoms with Crippen LogP contribution in [-0.2, 0) is 0 Å². The molecule has 6 heteroatoms. The van der Waals surface area contributed by atoms with Crippen molar-refractivity contribution in [2.45, 2.75) is 55.4 Å². The number of pyridine rings is 2. The van der Waals surface area contributed by atoms with E-state index in [2.05, 4.69) is 280 Å². The van der Waals surface area contributed by atoms with Gasteiger partial charge in [0.1, 0.15) is 0 Å². The van der Waals surface area contributed by atoms with Gasteiger partial charge >= 0.3 is 0 Å². The summed E-state index contributed by atoms with van der Waals surface area (Å²) in [6.45, 7) is 18.2. The first-order chi connectivity index (χ1) is 41.1. The second-order valence-corrected chi connectivity index (χ2v) is 23.2. The van der Waals surface area contributed by atoms with Gasteiger partial charge in [0.25, 0.3) is 0 Å². The number of nitrogens with zero attached hydrogens (tertiary/aromatic N) is 6. The molecule has 0 unspecified atom stereocenters. The molecule has 16 rings (SSSR count). The Morgan fingerprint density at radius 2 is 0.488 bits per heavy atom. The number of hydrogen-bond acceptors (Lipinski definition) is 2. The van der Waals surface area contributed by atoms with E-state index in [1.54, 1.807) is 0 Å². The number of hydrogen-bond donors (Lipinski definition) is 0. The van der Waals surface area contributed by atoms with Gasteiger partial charge < -0.3 is 18.3 Å². The monoisotopic (exact) mass is 1080 g/mol. The Balaban J connectivity index is 1.32. The standard InChI is InChI=1S/C78H60N6/c1-45-21-12-33-57-65(45)66-46(2)22-13-34-58(66)81(57)75-73(54-41-43-79-44-42-54)76(82-59-35-14-23-47(3)67(59)68-48(4)24-15-36-60(68)82)78(84-63-39-18-27-51(7)71(63)72-52(8)28-19-40-64(72)84)74(56-32-20-31-55(80-56)53-29-10-9-11-30-53)77(75)83-61-37-16-25-49(5)69(61)70-50(6)26-17-38-62(70)83/h9-44H,1-8H3. The first kappa shape index (κ1) is 49.5. The topological polar surface area (TPSA) is 45.5 Å². The Morgan fingerprint density at radius 1 is 0.226 bits per heavy atom. The molecule has 0 amide bonds. The highest BCUT2D eigenvalue weighted by atomic mass is 15.1. The summed E-state index contributed by atoms with van der Waals surface area (Å²) in [5.74, 6) is 0. The minimum absolute atomic E-state index is 0.844. The van der Waals surface area contributed by atoms with Crippen LogP contribution in [0.1, 0.15) is 44.5 Å². The molecule has 10 aromatic carbocycles. The Labute approximate surface area is 487 Å². The van der Waals surface area contributed by atoms with Gasteiger partial charge in [-0.15, -0.1) is 0 Å². The molecule has 84 heavy (non-hydrogen) atoms. The van der Waals surface area contributed by atoms with E-state index in [0.717, 1.165) is 101 Å². The fraction of sp³-hybridized carbons (Fsp3) is 0.103. The van der Waals surface area contributed by atoms with Crippen LogP contribution in [0, 0.1) is 55.4 Å². The van der Waals surface area contributed by atoms with Crippen LogP contribution in [0.4, 0.5) is 0 Å². The Bertz CT molecular complexity index is 4940. The number of benzene rings is 10. The van der Waals surface area contributed by atoms with E-state index >= 15 is 0 Å². The summed E-state index contributed by atoms with van der Waals surface area (Å²) < 4.78 is 10.5. The van der Waals surface area contributed by atoms with Crippen molar-refractivity contribution >= 4 is 87.2 Å². The van der Waals surface area contributed by atoms with E-state index in [9.17, 15) is 0 Å². The van der Waals surface area contributed by atoms with Crippen molar-refractivity contribution in [3.8, 4) is 56.4 Å². The predicted octanol–water partition coefficient (Wildman–Crippen LogP) is 20.3. The molecule has 0 bridgehead atoms. The Kier molecular flexibility index (Phi) is 11.0. The normalized spacial score (nSPS) is 12.0. The van der Waals surface area contributed by atoms with E-state index in [-0.39, 0.29) is 0 Å². The number of aryl methyl sites for hydroxylation is 8. The molecule has 6 nitrogen and oxygen atoms in total. The molecule has 0 N–H and O–H groups in total. The van der Waals surface area contributed by atoms with Gasteiger partial charge in [0.05, 0.1) is 83.8 Å². The van der Waals surface area contributed by atoms with Gasteiger partial charge in [0.15, 0.2) is 0 Å². The maximum atomic E-state index is 6.04. The SMILES string of the molecule is Cc1cccc2c1c1c(C)cccc1n2-c1c(-c2ccncc2)c(-n2c3cccc(C)c3c3c(C)cccc32)c(-n2c3cccc(C)c3c3c(C)cccc32)c(-c2cccc(-c3ccccc3)n2)c1-n1c2cccc(C)c2c2c(C)cccc21.